The summed E-state index contributed by atoms with van der Waals surface area (Å²) in [6.45, 7) is 2.01. The Morgan fingerprint density at radius 3 is 2.67 bits per heavy atom. The summed E-state index contributed by atoms with van der Waals surface area (Å²) in [4.78, 5) is 0. The van der Waals surface area contributed by atoms with Gasteiger partial charge < -0.3 is 5.32 Å². The molecule has 4 heteroatoms. The molecule has 0 atom stereocenters. The number of halogens is 2. The minimum absolute atomic E-state index is 0.569. The lowest BCUT2D eigenvalue weighted by Gasteiger charge is -2.10. The Kier molecular flexibility index (Phi) is 3.90. The van der Waals surface area contributed by atoms with E-state index >= 15 is 0 Å². The van der Waals surface area contributed by atoms with Crippen molar-refractivity contribution >= 4 is 38.9 Å². The molecule has 0 saturated heterocycles. The van der Waals surface area contributed by atoms with E-state index in [4.69, 9.17) is 16.9 Å². The number of nitrogens with one attached hydrogen (secondary N) is 1. The number of nitriles is 1. The summed E-state index contributed by atoms with van der Waals surface area (Å²) in [7, 11) is 0. The maximum atomic E-state index is 9.05. The first-order chi connectivity index (χ1) is 8.60. The zero-order valence-corrected chi connectivity index (χ0v) is 12.0. The Hall–Kier alpha value is -1.50. The van der Waals surface area contributed by atoms with Crippen LogP contribution in [-0.2, 0) is 0 Å². The molecule has 0 unspecified atom stereocenters. The molecule has 0 heterocycles. The molecule has 0 aliphatic rings. The third kappa shape index (κ3) is 2.84. The average Bonchev–Trinajstić information content (AvgIpc) is 2.34. The normalized spacial score (nSPS) is 9.89. The van der Waals surface area contributed by atoms with Gasteiger partial charge in [-0.1, -0.05) is 27.5 Å². The van der Waals surface area contributed by atoms with E-state index in [9.17, 15) is 0 Å². The number of aryl methyl sites for hydroxylation is 1. The summed E-state index contributed by atoms with van der Waals surface area (Å²) in [5, 5.41) is 12.9. The largest absolute Gasteiger partial charge is 0.354 e. The van der Waals surface area contributed by atoms with E-state index in [1.54, 1.807) is 18.2 Å². The highest BCUT2D eigenvalue weighted by Gasteiger charge is 2.04. The molecule has 2 aromatic carbocycles. The van der Waals surface area contributed by atoms with Crippen molar-refractivity contribution in [3.63, 3.8) is 0 Å². The molecule has 0 fully saturated rings. The van der Waals surface area contributed by atoms with E-state index in [0.29, 0.717) is 16.3 Å². The van der Waals surface area contributed by atoms with E-state index in [1.165, 1.54) is 0 Å². The number of anilines is 2. The van der Waals surface area contributed by atoms with Crippen LogP contribution < -0.4 is 5.32 Å². The highest BCUT2D eigenvalue weighted by Crippen LogP contribution is 2.26. The van der Waals surface area contributed by atoms with Gasteiger partial charge in [-0.3, -0.25) is 0 Å². The Bertz CT molecular complexity index is 632. The Morgan fingerprint density at radius 1 is 1.22 bits per heavy atom. The summed E-state index contributed by atoms with van der Waals surface area (Å²) in [6.07, 6.45) is 0. The number of nitrogens with zero attached hydrogens (tertiary/aromatic N) is 1. The second-order valence-electron chi connectivity index (χ2n) is 3.89. The van der Waals surface area contributed by atoms with Crippen molar-refractivity contribution in [1.82, 2.24) is 0 Å². The van der Waals surface area contributed by atoms with Gasteiger partial charge in [-0.25, -0.2) is 0 Å². The molecule has 0 aliphatic carbocycles. The minimum Gasteiger partial charge on any atom is -0.354 e. The topological polar surface area (TPSA) is 35.8 Å². The van der Waals surface area contributed by atoms with Gasteiger partial charge in [0.25, 0.3) is 0 Å². The van der Waals surface area contributed by atoms with Crippen molar-refractivity contribution in [3.05, 3.63) is 57.0 Å². The van der Waals surface area contributed by atoms with Crippen LogP contribution in [0, 0.1) is 18.3 Å². The minimum atomic E-state index is 0.569. The number of hydrogen-bond donors (Lipinski definition) is 1. The number of benzene rings is 2. The van der Waals surface area contributed by atoms with Crippen LogP contribution in [-0.4, -0.2) is 0 Å². The van der Waals surface area contributed by atoms with Crippen molar-refractivity contribution in [1.29, 1.82) is 5.26 Å². The zero-order chi connectivity index (χ0) is 13.1. The van der Waals surface area contributed by atoms with Gasteiger partial charge in [0, 0.05) is 15.2 Å². The molecule has 0 bridgehead atoms. The lowest BCUT2D eigenvalue weighted by atomic mass is 10.1. The molecular formula is C14H10BrClN2. The predicted octanol–water partition coefficient (Wildman–Crippen LogP) is 5.03. The number of rotatable bonds is 2. The Morgan fingerprint density at radius 2 is 2.00 bits per heavy atom. The molecule has 2 nitrogen and oxygen atoms in total. The smallest absolute Gasteiger partial charge is 0.101 e. The van der Waals surface area contributed by atoms with E-state index < -0.39 is 0 Å². The Balaban J connectivity index is 2.36. The lowest BCUT2D eigenvalue weighted by Crippen LogP contribution is -1.94. The van der Waals surface area contributed by atoms with Gasteiger partial charge in [0.05, 0.1) is 11.3 Å². The SMILES string of the molecule is Cc1cc(Nc2cc(Cl)ccc2C#N)ccc1Br. The van der Waals surface area contributed by atoms with Crippen molar-refractivity contribution in [3.8, 4) is 6.07 Å². The van der Waals surface area contributed by atoms with Gasteiger partial charge in [-0.2, -0.15) is 5.26 Å². The molecule has 1 N–H and O–H groups in total. The monoisotopic (exact) mass is 320 g/mol. The van der Waals surface area contributed by atoms with Gasteiger partial charge in [0.15, 0.2) is 0 Å². The quantitative estimate of drug-likeness (QED) is 0.842. The molecule has 0 amide bonds. The van der Waals surface area contributed by atoms with Crippen molar-refractivity contribution < 1.29 is 0 Å². The van der Waals surface area contributed by atoms with Gasteiger partial charge in [-0.05, 0) is 48.9 Å². The fourth-order valence-corrected chi connectivity index (χ4v) is 2.01. The Labute approximate surface area is 119 Å². The number of hydrogen-bond acceptors (Lipinski definition) is 2. The maximum absolute atomic E-state index is 9.05. The zero-order valence-electron chi connectivity index (χ0n) is 9.67. The van der Waals surface area contributed by atoms with Crippen LogP contribution in [0.2, 0.25) is 5.02 Å². The average molecular weight is 322 g/mol. The summed E-state index contributed by atoms with van der Waals surface area (Å²) < 4.78 is 1.06. The van der Waals surface area contributed by atoms with Crippen molar-refractivity contribution in [2.75, 3.05) is 5.32 Å². The first kappa shape index (κ1) is 12.9. The predicted molar refractivity (Wildman–Crippen MR) is 78.3 cm³/mol. The molecule has 0 spiro atoms. The second-order valence-corrected chi connectivity index (χ2v) is 5.18. The molecule has 90 valence electrons. The van der Waals surface area contributed by atoms with E-state index in [1.807, 2.05) is 25.1 Å². The second kappa shape index (κ2) is 5.43. The molecule has 0 aromatic heterocycles. The molecule has 0 aliphatic heterocycles. The first-order valence-electron chi connectivity index (χ1n) is 5.33. The van der Waals surface area contributed by atoms with E-state index in [2.05, 4.69) is 27.3 Å². The summed E-state index contributed by atoms with van der Waals surface area (Å²) in [6, 6.07) is 13.2. The van der Waals surface area contributed by atoms with Crippen molar-refractivity contribution in [2.24, 2.45) is 0 Å². The molecular weight excluding hydrogens is 312 g/mol. The van der Waals surface area contributed by atoms with Crippen LogP contribution in [0.1, 0.15) is 11.1 Å². The highest BCUT2D eigenvalue weighted by atomic mass is 79.9. The van der Waals surface area contributed by atoms with Crippen LogP contribution in [0.15, 0.2) is 40.9 Å². The summed E-state index contributed by atoms with van der Waals surface area (Å²) in [5.74, 6) is 0. The van der Waals surface area contributed by atoms with Crippen LogP contribution in [0.25, 0.3) is 0 Å². The highest BCUT2D eigenvalue weighted by molar-refractivity contribution is 9.10. The third-order valence-electron chi connectivity index (χ3n) is 2.54. The molecule has 0 saturated carbocycles. The molecule has 0 radical (unpaired) electrons. The van der Waals surface area contributed by atoms with Crippen LogP contribution in [0.3, 0.4) is 0 Å². The first-order valence-corrected chi connectivity index (χ1v) is 6.50. The molecule has 18 heavy (non-hydrogen) atoms. The standard InChI is InChI=1S/C14H10BrClN2/c1-9-6-12(4-5-13(9)15)18-14-7-11(16)3-2-10(14)8-17/h2-7,18H,1H3. The molecule has 2 rings (SSSR count). The van der Waals surface area contributed by atoms with Gasteiger partial charge in [0.1, 0.15) is 6.07 Å². The summed E-state index contributed by atoms with van der Waals surface area (Å²) >= 11 is 9.39. The van der Waals surface area contributed by atoms with Gasteiger partial charge in [-0.15, -0.1) is 0 Å². The summed E-state index contributed by atoms with van der Waals surface area (Å²) in [5.41, 5.74) is 3.33. The third-order valence-corrected chi connectivity index (χ3v) is 3.66. The van der Waals surface area contributed by atoms with Crippen molar-refractivity contribution in [2.45, 2.75) is 6.92 Å². The van der Waals surface area contributed by atoms with Crippen LogP contribution >= 0.6 is 27.5 Å². The van der Waals surface area contributed by atoms with Crippen LogP contribution in [0.5, 0.6) is 0 Å². The van der Waals surface area contributed by atoms with E-state index in [-0.39, 0.29) is 0 Å². The fraction of sp³-hybridized carbons (Fsp3) is 0.0714. The van der Waals surface area contributed by atoms with Gasteiger partial charge in [0.2, 0.25) is 0 Å². The molecule has 2 aromatic rings. The van der Waals surface area contributed by atoms with E-state index in [0.717, 1.165) is 15.7 Å². The lowest BCUT2D eigenvalue weighted by molar-refractivity contribution is 1.41. The van der Waals surface area contributed by atoms with Crippen LogP contribution in [0.4, 0.5) is 11.4 Å². The van der Waals surface area contributed by atoms with Gasteiger partial charge >= 0.3 is 0 Å². The fourth-order valence-electron chi connectivity index (χ4n) is 1.60. The maximum Gasteiger partial charge on any atom is 0.101 e.